The van der Waals surface area contributed by atoms with Crippen molar-refractivity contribution in [2.45, 2.75) is 27.7 Å². The molecule has 0 amide bonds. The Morgan fingerprint density at radius 3 is 1.73 bits per heavy atom. The van der Waals surface area contributed by atoms with Crippen LogP contribution in [0.5, 0.6) is 0 Å². The molecule has 2 N–H and O–H groups in total. The van der Waals surface area contributed by atoms with Gasteiger partial charge in [0.05, 0.1) is 0 Å². The van der Waals surface area contributed by atoms with Gasteiger partial charge in [-0.3, -0.25) is 0 Å². The maximum Gasteiger partial charge on any atom is 0.0125 e. The minimum Gasteiger partial charge on any atom is -0.402 e. The second kappa shape index (κ2) is 4.02. The quantitative estimate of drug-likeness (QED) is 0.603. The summed E-state index contributed by atoms with van der Waals surface area (Å²) in [5, 5.41) is 0. The number of nitrogens with two attached hydrogens (primary N) is 1. The molecule has 0 atom stereocenters. The predicted molar refractivity (Wildman–Crippen MR) is 51.1 cm³/mol. The van der Waals surface area contributed by atoms with Gasteiger partial charge in [0.1, 0.15) is 0 Å². The normalized spacial score (nSPS) is 12.0. The Labute approximate surface area is 69.3 Å². The van der Waals surface area contributed by atoms with E-state index in [4.69, 9.17) is 5.73 Å². The van der Waals surface area contributed by atoms with Gasteiger partial charge in [0.25, 0.3) is 0 Å². The Bertz CT molecular complexity index is 211. The molecule has 1 heteroatoms. The van der Waals surface area contributed by atoms with E-state index in [1.165, 1.54) is 5.57 Å². The molecule has 0 bridgehead atoms. The Balaban J connectivity index is 4.81. The fourth-order valence-corrected chi connectivity index (χ4v) is 0.862. The molecule has 0 unspecified atom stereocenters. The Hall–Kier alpha value is -0.980. The maximum absolute atomic E-state index is 5.66. The summed E-state index contributed by atoms with van der Waals surface area (Å²) in [5.74, 6) is 0. The van der Waals surface area contributed by atoms with Gasteiger partial charge in [-0.15, -0.1) is 0 Å². The van der Waals surface area contributed by atoms with Crippen LogP contribution in [0.25, 0.3) is 0 Å². The summed E-state index contributed by atoms with van der Waals surface area (Å²) < 4.78 is 0. The van der Waals surface area contributed by atoms with Gasteiger partial charge in [-0.1, -0.05) is 18.2 Å². The lowest BCUT2D eigenvalue weighted by molar-refractivity contribution is 1.22. The summed E-state index contributed by atoms with van der Waals surface area (Å²) in [7, 11) is 0. The second-order valence-electron chi connectivity index (χ2n) is 3.10. The van der Waals surface area contributed by atoms with Crippen molar-refractivity contribution < 1.29 is 0 Å². The second-order valence-corrected chi connectivity index (χ2v) is 3.10. The van der Waals surface area contributed by atoms with Gasteiger partial charge in [0.15, 0.2) is 0 Å². The Morgan fingerprint density at radius 1 is 1.18 bits per heavy atom. The van der Waals surface area contributed by atoms with E-state index in [0.717, 1.165) is 16.8 Å². The highest BCUT2D eigenvalue weighted by atomic mass is 14.6. The van der Waals surface area contributed by atoms with Crippen molar-refractivity contribution in [1.29, 1.82) is 0 Å². The highest BCUT2D eigenvalue weighted by Gasteiger charge is 1.96. The van der Waals surface area contributed by atoms with Gasteiger partial charge in [-0.25, -0.2) is 0 Å². The first-order chi connectivity index (χ1) is 4.95. The van der Waals surface area contributed by atoms with Crippen molar-refractivity contribution in [3.05, 3.63) is 35.1 Å². The number of hydrogen-bond donors (Lipinski definition) is 1. The zero-order chi connectivity index (χ0) is 9.02. The van der Waals surface area contributed by atoms with Crippen LogP contribution in [0.4, 0.5) is 0 Å². The van der Waals surface area contributed by atoms with Crippen LogP contribution in [0.1, 0.15) is 27.7 Å². The predicted octanol–water partition coefficient (Wildman–Crippen LogP) is 2.76. The van der Waals surface area contributed by atoms with Crippen LogP contribution >= 0.6 is 0 Å². The molecule has 0 rings (SSSR count). The average Bonchev–Trinajstić information content (AvgIpc) is 1.81. The summed E-state index contributed by atoms with van der Waals surface area (Å²) >= 11 is 0. The molecule has 0 spiro atoms. The molecule has 62 valence electrons. The molecular weight excluding hydrogens is 134 g/mol. The van der Waals surface area contributed by atoms with Crippen molar-refractivity contribution in [3.63, 3.8) is 0 Å². The minimum atomic E-state index is 0.832. The smallest absolute Gasteiger partial charge is 0.0125 e. The van der Waals surface area contributed by atoms with Crippen LogP contribution in [0.3, 0.4) is 0 Å². The van der Waals surface area contributed by atoms with E-state index in [2.05, 4.69) is 12.7 Å². The standard InChI is InChI=1S/C10H17N/c1-7(2)6-10(8(3)4)9(5)11/h6H,3,11H2,1-2,4-5H3/b10-9+. The first-order valence-electron chi connectivity index (χ1n) is 3.72. The third-order valence-corrected chi connectivity index (χ3v) is 1.32. The fourth-order valence-electron chi connectivity index (χ4n) is 0.862. The lowest BCUT2D eigenvalue weighted by atomic mass is 10.1. The molecule has 1 nitrogen and oxygen atoms in total. The van der Waals surface area contributed by atoms with E-state index in [9.17, 15) is 0 Å². The van der Waals surface area contributed by atoms with Crippen LogP contribution in [0.2, 0.25) is 0 Å². The van der Waals surface area contributed by atoms with E-state index in [1.807, 2.05) is 27.7 Å². The van der Waals surface area contributed by atoms with Crippen LogP contribution in [-0.2, 0) is 0 Å². The van der Waals surface area contributed by atoms with Gasteiger partial charge >= 0.3 is 0 Å². The van der Waals surface area contributed by atoms with E-state index in [-0.39, 0.29) is 0 Å². The zero-order valence-corrected chi connectivity index (χ0v) is 7.86. The van der Waals surface area contributed by atoms with Crippen molar-refractivity contribution in [2.75, 3.05) is 0 Å². The van der Waals surface area contributed by atoms with Crippen LogP contribution in [-0.4, -0.2) is 0 Å². The SMILES string of the molecule is C=C(C)/C(C=C(C)C)=C(\C)N. The molecule has 0 aliphatic rings. The number of hydrogen-bond acceptors (Lipinski definition) is 1. The fraction of sp³-hybridized carbons (Fsp3) is 0.400. The molecule has 0 aromatic heterocycles. The average molecular weight is 151 g/mol. The van der Waals surface area contributed by atoms with E-state index in [0.29, 0.717) is 0 Å². The molecule has 0 aliphatic carbocycles. The third kappa shape index (κ3) is 3.66. The summed E-state index contributed by atoms with van der Waals surface area (Å²) in [6, 6.07) is 0. The summed E-state index contributed by atoms with van der Waals surface area (Å²) in [6.07, 6.45) is 2.05. The van der Waals surface area contributed by atoms with Crippen LogP contribution < -0.4 is 5.73 Å². The topological polar surface area (TPSA) is 26.0 Å². The molecule has 0 heterocycles. The molecule has 0 aromatic carbocycles. The molecule has 0 aliphatic heterocycles. The molecule has 0 fully saturated rings. The highest BCUT2D eigenvalue weighted by Crippen LogP contribution is 2.13. The highest BCUT2D eigenvalue weighted by molar-refractivity contribution is 5.40. The lowest BCUT2D eigenvalue weighted by Gasteiger charge is -2.04. The molecule has 0 aromatic rings. The maximum atomic E-state index is 5.66. The number of rotatable bonds is 2. The van der Waals surface area contributed by atoms with Crippen LogP contribution in [0, 0.1) is 0 Å². The van der Waals surface area contributed by atoms with Crippen molar-refractivity contribution in [2.24, 2.45) is 5.73 Å². The lowest BCUT2D eigenvalue weighted by Crippen LogP contribution is -1.97. The molecule has 0 saturated heterocycles. The molecular formula is C10H17N. The zero-order valence-electron chi connectivity index (χ0n) is 7.86. The minimum absolute atomic E-state index is 0.832. The first kappa shape index (κ1) is 10.0. The first-order valence-corrected chi connectivity index (χ1v) is 3.72. The van der Waals surface area contributed by atoms with E-state index >= 15 is 0 Å². The summed E-state index contributed by atoms with van der Waals surface area (Å²) in [6.45, 7) is 11.8. The third-order valence-electron chi connectivity index (χ3n) is 1.32. The number of allylic oxidation sites excluding steroid dienone is 5. The van der Waals surface area contributed by atoms with Gasteiger partial charge in [0.2, 0.25) is 0 Å². The van der Waals surface area contributed by atoms with Gasteiger partial charge in [-0.05, 0) is 38.8 Å². The monoisotopic (exact) mass is 151 g/mol. The Morgan fingerprint density at radius 2 is 1.64 bits per heavy atom. The van der Waals surface area contributed by atoms with Gasteiger partial charge in [0, 0.05) is 5.70 Å². The van der Waals surface area contributed by atoms with Crippen molar-refractivity contribution in [1.82, 2.24) is 0 Å². The van der Waals surface area contributed by atoms with E-state index < -0.39 is 0 Å². The van der Waals surface area contributed by atoms with Crippen molar-refractivity contribution in [3.8, 4) is 0 Å². The van der Waals surface area contributed by atoms with Crippen LogP contribution in [0.15, 0.2) is 35.1 Å². The van der Waals surface area contributed by atoms with Crippen molar-refractivity contribution >= 4 is 0 Å². The summed E-state index contributed by atoms with van der Waals surface area (Å²) in [5.41, 5.74) is 9.82. The molecule has 0 saturated carbocycles. The van der Waals surface area contributed by atoms with E-state index in [1.54, 1.807) is 0 Å². The van der Waals surface area contributed by atoms with Gasteiger partial charge in [-0.2, -0.15) is 0 Å². The largest absolute Gasteiger partial charge is 0.402 e. The Kier molecular flexibility index (Phi) is 3.66. The molecule has 0 radical (unpaired) electrons. The molecule has 11 heavy (non-hydrogen) atoms. The van der Waals surface area contributed by atoms with Gasteiger partial charge < -0.3 is 5.73 Å². The summed E-state index contributed by atoms with van der Waals surface area (Å²) in [4.78, 5) is 0.